The third-order valence-electron chi connectivity index (χ3n) is 15.4. The van der Waals surface area contributed by atoms with Crippen molar-refractivity contribution in [3.8, 4) is 11.5 Å². The Bertz CT molecular complexity index is 3880. The van der Waals surface area contributed by atoms with Gasteiger partial charge in [0.1, 0.15) is 53.5 Å². The van der Waals surface area contributed by atoms with Crippen molar-refractivity contribution in [3.05, 3.63) is 86.9 Å². The molecule has 8 heterocycles. The molecule has 0 aliphatic carbocycles. The number of aliphatic hydroxyl groups is 1. The third-order valence-corrected chi connectivity index (χ3v) is 19.9. The van der Waals surface area contributed by atoms with Crippen molar-refractivity contribution in [2.45, 2.75) is 111 Å². The van der Waals surface area contributed by atoms with Crippen LogP contribution in [-0.2, 0) is 78.1 Å². The highest BCUT2D eigenvalue weighted by molar-refractivity contribution is 7.89. The van der Waals surface area contributed by atoms with Crippen LogP contribution in [0.4, 0.5) is 16.3 Å². The van der Waals surface area contributed by atoms with E-state index in [4.69, 9.17) is 34.3 Å². The van der Waals surface area contributed by atoms with Gasteiger partial charge in [-0.3, -0.25) is 18.4 Å². The van der Waals surface area contributed by atoms with E-state index in [9.17, 15) is 50.1 Å². The van der Waals surface area contributed by atoms with Crippen LogP contribution >= 0.6 is 15.6 Å². The summed E-state index contributed by atoms with van der Waals surface area (Å²) < 4.78 is 122. The number of hydrogen-bond donors (Lipinski definition) is 9. The summed E-state index contributed by atoms with van der Waals surface area (Å²) in [4.78, 5) is 67.0. The first-order chi connectivity index (χ1) is 39.0. The van der Waals surface area contributed by atoms with Crippen molar-refractivity contribution in [3.63, 3.8) is 0 Å². The predicted octanol–water partition coefficient (Wildman–Crippen LogP) is 1.33. The molecule has 1 saturated heterocycles. The molecule has 6 aliphatic heterocycles. The highest BCUT2D eigenvalue weighted by atomic mass is 32.2. The standard InChI is InChI=1S/C50H60N10O18P2S2/c51-47-40-48(55-26-54-47)60(27-56-40)49-43(62)46(36(75-49)25-74-80(67,68)78-79(64,65)66)77-50(63)53-17-16-52-38(61)12-2-1-3-15-57-81(69,70)30-13-14-31(37(24-30)82(71,72)73)39-34-22-28-8-4-18-58-20-6-10-32(41(28)58)44(34)76-45-33-11-7-21-59-19-5-9-29(42(33)59)23-35(39)45/h13-14,22-24,26-27,36,43,46,49,57,62H,1-12,15-21,25H2,(H7-,51,52,53,54,55,61,63,64,65,66,67,68,71,72,73)/p+1/t36-,43-,46-,49?/m1/s1. The number of nitrogen functional groups attached to an aromatic ring is 1. The van der Waals surface area contributed by atoms with E-state index in [1.54, 1.807) is 0 Å². The summed E-state index contributed by atoms with van der Waals surface area (Å²) in [5.41, 5.74) is 13.2. The number of hydrogen-bond acceptors (Lipinski definition) is 19. The Balaban J connectivity index is 0.706. The minimum absolute atomic E-state index is 0.00702. The van der Waals surface area contributed by atoms with Crippen LogP contribution in [0.15, 0.2) is 52.8 Å². The SMILES string of the molecule is Nc1ncnc2c1ncn2C1O[C@H](COP(=O)(O)OP(=O)(O)O)[C@@H](OC(=O)NCCNC(=O)CCCCCNS(=O)(=O)c2ccc(C3=c4cc5c6c(c4Oc4c3cc3c7c4CCCN7CCC3)CCC[N+]=6CCC5)c(S(=O)(=O)O)c2)[C@H]1O. The lowest BCUT2D eigenvalue weighted by Crippen LogP contribution is -2.45. The number of carbonyl (C=O) groups is 2. The van der Waals surface area contributed by atoms with E-state index < -0.39 is 83.8 Å². The number of imidazole rings is 1. The van der Waals surface area contributed by atoms with Gasteiger partial charge in [-0.2, -0.15) is 12.7 Å². The van der Waals surface area contributed by atoms with Gasteiger partial charge in [0.2, 0.25) is 21.3 Å². The number of unbranched alkanes of at least 4 members (excludes halogenated alkanes) is 2. The van der Waals surface area contributed by atoms with E-state index in [1.165, 1.54) is 34.1 Å². The fourth-order valence-corrected chi connectivity index (χ4v) is 15.5. The molecule has 3 aromatic carbocycles. The Morgan fingerprint density at radius 1 is 0.854 bits per heavy atom. The number of fused-ring (bicyclic) bond motifs is 5. The summed E-state index contributed by atoms with van der Waals surface area (Å²) in [6.07, 6.45) is 2.95. The maximum atomic E-state index is 13.8. The topological polar surface area (TPSA) is 396 Å². The fraction of sp³-hybridized carbons (Fsp3) is 0.480. The molecule has 440 valence electrons. The van der Waals surface area contributed by atoms with Crippen molar-refractivity contribution in [1.82, 2.24) is 39.5 Å². The van der Waals surface area contributed by atoms with Crippen LogP contribution < -0.4 is 45.9 Å². The molecular formula is C50H61N10O18P2S2+. The number of nitrogens with two attached hydrogens (primary N) is 1. The van der Waals surface area contributed by atoms with Gasteiger partial charge in [-0.05, 0) is 81.2 Å². The Morgan fingerprint density at radius 3 is 2.38 bits per heavy atom. The zero-order chi connectivity index (χ0) is 57.9. The van der Waals surface area contributed by atoms with Gasteiger partial charge in [-0.1, -0.05) is 12.5 Å². The fourth-order valence-electron chi connectivity index (χ4n) is 12.0. The monoisotopic (exact) mass is 1220 g/mol. The van der Waals surface area contributed by atoms with Gasteiger partial charge in [0.15, 0.2) is 23.8 Å². The number of alkyl carbamates (subject to hydrolysis) is 1. The maximum absolute atomic E-state index is 13.8. The van der Waals surface area contributed by atoms with Crippen molar-refractivity contribution in [2.24, 2.45) is 0 Å². The lowest BCUT2D eigenvalue weighted by molar-refractivity contribution is -0.121. The van der Waals surface area contributed by atoms with Gasteiger partial charge < -0.3 is 55.3 Å². The molecule has 32 heteroatoms. The first-order valence-electron chi connectivity index (χ1n) is 26.8. The predicted molar refractivity (Wildman–Crippen MR) is 290 cm³/mol. The van der Waals surface area contributed by atoms with E-state index >= 15 is 0 Å². The number of phosphoric ester groups is 1. The number of aliphatic hydroxyl groups excluding tert-OH is 1. The van der Waals surface area contributed by atoms with Crippen LogP contribution in [0, 0.1) is 0 Å². The molecule has 11 rings (SSSR count). The van der Waals surface area contributed by atoms with Crippen LogP contribution in [0.5, 0.6) is 11.5 Å². The first-order valence-corrected chi connectivity index (χ1v) is 32.8. The van der Waals surface area contributed by atoms with Crippen LogP contribution in [0.1, 0.15) is 91.0 Å². The minimum Gasteiger partial charge on any atom is -0.455 e. The maximum Gasteiger partial charge on any atom is 0.481 e. The van der Waals surface area contributed by atoms with E-state index in [-0.39, 0.29) is 53.5 Å². The minimum atomic E-state index is -5.50. The number of anilines is 2. The zero-order valence-electron chi connectivity index (χ0n) is 44.0. The molecule has 10 N–H and O–H groups in total. The Morgan fingerprint density at radius 2 is 1.60 bits per heavy atom. The van der Waals surface area contributed by atoms with Gasteiger partial charge in [-0.15, -0.1) is 0 Å². The van der Waals surface area contributed by atoms with Crippen LogP contribution in [0.3, 0.4) is 0 Å². The highest BCUT2D eigenvalue weighted by Gasteiger charge is 2.49. The van der Waals surface area contributed by atoms with Crippen molar-refractivity contribution in [1.29, 1.82) is 0 Å². The molecule has 82 heavy (non-hydrogen) atoms. The third kappa shape index (κ3) is 11.8. The first kappa shape index (κ1) is 57.8. The molecule has 2 amide bonds. The van der Waals surface area contributed by atoms with Gasteiger partial charge in [0, 0.05) is 90.7 Å². The number of phosphoric acid groups is 2. The Hall–Kier alpha value is -5.98. The molecule has 0 spiro atoms. The summed E-state index contributed by atoms with van der Waals surface area (Å²) in [5.74, 6) is 0.941. The number of aromatic nitrogens is 4. The lowest BCUT2D eigenvalue weighted by Gasteiger charge is -2.39. The number of nitrogens with zero attached hydrogens (tertiary/aromatic N) is 6. The molecule has 1 fully saturated rings. The average Bonchev–Trinajstić information content (AvgIpc) is 4.17. The van der Waals surface area contributed by atoms with Gasteiger partial charge in [0.25, 0.3) is 10.1 Å². The van der Waals surface area contributed by atoms with Crippen molar-refractivity contribution >= 4 is 76.0 Å². The smallest absolute Gasteiger partial charge is 0.455 e. The van der Waals surface area contributed by atoms with Crippen LogP contribution in [-0.4, -0.2) is 143 Å². The summed E-state index contributed by atoms with van der Waals surface area (Å²) in [7, 11) is -20.2. The van der Waals surface area contributed by atoms with Gasteiger partial charge in [0.05, 0.1) is 23.4 Å². The Kier molecular flexibility index (Phi) is 16.1. The largest absolute Gasteiger partial charge is 0.481 e. The summed E-state index contributed by atoms with van der Waals surface area (Å²) >= 11 is 0. The van der Waals surface area contributed by atoms with E-state index in [0.717, 1.165) is 112 Å². The van der Waals surface area contributed by atoms with Crippen molar-refractivity contribution < 1.29 is 82.9 Å². The van der Waals surface area contributed by atoms with Crippen LogP contribution in [0.2, 0.25) is 0 Å². The van der Waals surface area contributed by atoms with E-state index in [0.29, 0.717) is 47.1 Å². The second-order valence-electron chi connectivity index (χ2n) is 20.8. The molecule has 5 atom stereocenters. The lowest BCUT2D eigenvalue weighted by atomic mass is 9.82. The molecule has 0 radical (unpaired) electrons. The molecule has 2 aromatic heterocycles. The number of ether oxygens (including phenoxy) is 3. The van der Waals surface area contributed by atoms with Crippen LogP contribution in [0.25, 0.3) is 16.7 Å². The van der Waals surface area contributed by atoms with E-state index in [1.807, 2.05) is 0 Å². The molecule has 0 saturated carbocycles. The number of benzene rings is 3. The summed E-state index contributed by atoms with van der Waals surface area (Å²) in [5, 5.41) is 18.2. The molecule has 28 nitrogen and oxygen atoms in total. The molecule has 2 unspecified atom stereocenters. The molecule has 5 aromatic rings. The number of aryl methyl sites for hydroxylation is 2. The summed E-state index contributed by atoms with van der Waals surface area (Å²) in [6.45, 7) is 2.45. The van der Waals surface area contributed by atoms with Gasteiger partial charge in [-0.25, -0.2) is 46.6 Å². The van der Waals surface area contributed by atoms with Crippen molar-refractivity contribution in [2.75, 3.05) is 63.1 Å². The molecule has 0 bridgehead atoms. The normalized spacial score (nSPS) is 21.0. The summed E-state index contributed by atoms with van der Waals surface area (Å²) in [6, 6.07) is 8.00. The molecule has 6 aliphatic rings. The number of nitrogens with one attached hydrogen (secondary N) is 3. The second-order valence-corrected chi connectivity index (χ2v) is 26.8. The van der Waals surface area contributed by atoms with Gasteiger partial charge >= 0.3 is 21.7 Å². The quantitative estimate of drug-likeness (QED) is 0.0225. The van der Waals surface area contributed by atoms with E-state index in [2.05, 4.69) is 56.2 Å². The second kappa shape index (κ2) is 22.9. The highest BCUT2D eigenvalue weighted by Crippen LogP contribution is 2.58. The molecular weight excluding hydrogens is 1150 g/mol. The Labute approximate surface area is 469 Å². The zero-order valence-corrected chi connectivity index (χ0v) is 47.4. The number of amides is 2. The number of carbonyl (C=O) groups excluding carboxylic acids is 2. The number of rotatable bonds is 20. The average molecular weight is 1220 g/mol. The number of sulfonamides is 1.